The highest BCUT2D eigenvalue weighted by atomic mass is 32.2. The SMILES string of the molecule is Cc1cc(NS(=O)O)no1. The Bertz CT molecular complexity index is 246. The van der Waals surface area contributed by atoms with Gasteiger partial charge in [-0.1, -0.05) is 5.16 Å². The van der Waals surface area contributed by atoms with E-state index in [0.29, 0.717) is 5.76 Å². The lowest BCUT2D eigenvalue weighted by Gasteiger charge is -1.89. The molecule has 5 nitrogen and oxygen atoms in total. The molecule has 0 saturated carbocycles. The Balaban J connectivity index is 2.67. The molecule has 6 heteroatoms. The number of nitrogens with one attached hydrogen (secondary N) is 1. The lowest BCUT2D eigenvalue weighted by atomic mass is 10.5. The summed E-state index contributed by atoms with van der Waals surface area (Å²) >= 11 is -2.08. The minimum absolute atomic E-state index is 0.262. The Morgan fingerprint density at radius 3 is 3.00 bits per heavy atom. The third kappa shape index (κ3) is 1.82. The molecule has 2 N–H and O–H groups in total. The van der Waals surface area contributed by atoms with E-state index in [1.165, 1.54) is 6.07 Å². The van der Waals surface area contributed by atoms with Gasteiger partial charge in [-0.2, -0.15) is 0 Å². The number of anilines is 1. The predicted molar refractivity (Wildman–Crippen MR) is 35.6 cm³/mol. The van der Waals surface area contributed by atoms with Crippen LogP contribution in [-0.4, -0.2) is 13.9 Å². The molecule has 0 aliphatic heterocycles. The van der Waals surface area contributed by atoms with Gasteiger partial charge in [0.25, 0.3) is 11.3 Å². The number of hydrogen-bond acceptors (Lipinski definition) is 3. The molecular weight excluding hydrogens is 156 g/mol. The van der Waals surface area contributed by atoms with Crippen molar-refractivity contribution < 1.29 is 13.3 Å². The zero-order valence-electron chi connectivity index (χ0n) is 5.20. The predicted octanol–water partition coefficient (Wildman–Crippen LogP) is 0.532. The van der Waals surface area contributed by atoms with Crippen LogP contribution in [0.1, 0.15) is 5.76 Å². The van der Waals surface area contributed by atoms with Gasteiger partial charge in [0, 0.05) is 6.07 Å². The summed E-state index contributed by atoms with van der Waals surface area (Å²) in [6.45, 7) is 1.69. The van der Waals surface area contributed by atoms with E-state index in [4.69, 9.17) is 4.55 Å². The van der Waals surface area contributed by atoms with Crippen LogP contribution in [0.4, 0.5) is 5.82 Å². The average molecular weight is 162 g/mol. The molecule has 0 fully saturated rings. The third-order valence-corrected chi connectivity index (χ3v) is 1.20. The van der Waals surface area contributed by atoms with Crippen molar-refractivity contribution in [3.63, 3.8) is 0 Å². The third-order valence-electron chi connectivity index (χ3n) is 0.820. The van der Waals surface area contributed by atoms with Crippen molar-refractivity contribution in [1.82, 2.24) is 5.16 Å². The first kappa shape index (κ1) is 7.23. The molecule has 0 amide bonds. The van der Waals surface area contributed by atoms with E-state index in [-0.39, 0.29) is 5.82 Å². The highest BCUT2D eigenvalue weighted by Crippen LogP contribution is 2.06. The summed E-state index contributed by atoms with van der Waals surface area (Å²) in [5.74, 6) is 0.853. The topological polar surface area (TPSA) is 75.4 Å². The van der Waals surface area contributed by atoms with Crippen LogP contribution in [-0.2, 0) is 11.3 Å². The second-order valence-corrected chi connectivity index (χ2v) is 2.38. The number of aromatic nitrogens is 1. The Labute approximate surface area is 59.8 Å². The Morgan fingerprint density at radius 1 is 1.90 bits per heavy atom. The minimum Gasteiger partial charge on any atom is -0.360 e. The van der Waals surface area contributed by atoms with Gasteiger partial charge in [-0.15, -0.1) is 0 Å². The van der Waals surface area contributed by atoms with E-state index in [1.807, 2.05) is 0 Å². The Kier molecular flexibility index (Phi) is 2.03. The first-order chi connectivity index (χ1) is 4.68. The van der Waals surface area contributed by atoms with Crippen LogP contribution in [0, 0.1) is 6.92 Å². The summed E-state index contributed by atoms with van der Waals surface area (Å²) in [5, 5.41) is 3.42. The van der Waals surface area contributed by atoms with Gasteiger partial charge in [0.2, 0.25) is 0 Å². The fraction of sp³-hybridized carbons (Fsp3) is 0.250. The van der Waals surface area contributed by atoms with Crippen molar-refractivity contribution in [3.8, 4) is 0 Å². The lowest BCUT2D eigenvalue weighted by molar-refractivity contribution is 0.400. The first-order valence-corrected chi connectivity index (χ1v) is 3.60. The zero-order valence-corrected chi connectivity index (χ0v) is 6.01. The maximum atomic E-state index is 10.1. The maximum Gasteiger partial charge on any atom is 0.260 e. The molecule has 1 rings (SSSR count). The van der Waals surface area contributed by atoms with E-state index >= 15 is 0 Å². The highest BCUT2D eigenvalue weighted by Gasteiger charge is 1.99. The number of aryl methyl sites for hydroxylation is 1. The molecule has 0 saturated heterocycles. The molecule has 1 aromatic heterocycles. The fourth-order valence-electron chi connectivity index (χ4n) is 0.504. The van der Waals surface area contributed by atoms with Crippen molar-refractivity contribution in [2.45, 2.75) is 6.92 Å². The normalized spacial score (nSPS) is 13.0. The molecule has 0 aliphatic rings. The molecule has 0 radical (unpaired) electrons. The van der Waals surface area contributed by atoms with Crippen LogP contribution in [0.5, 0.6) is 0 Å². The summed E-state index contributed by atoms with van der Waals surface area (Å²) in [4.78, 5) is 0. The van der Waals surface area contributed by atoms with Gasteiger partial charge in [-0.05, 0) is 6.92 Å². The van der Waals surface area contributed by atoms with Crippen LogP contribution >= 0.6 is 0 Å². The van der Waals surface area contributed by atoms with Gasteiger partial charge in [0.15, 0.2) is 5.82 Å². The van der Waals surface area contributed by atoms with Gasteiger partial charge in [-0.3, -0.25) is 9.27 Å². The average Bonchev–Trinajstić information content (AvgIpc) is 2.13. The second kappa shape index (κ2) is 2.80. The standard InChI is InChI=1S/C4H6N2O3S/c1-3-2-4(5-9-3)6-10(7)8/h2H,1H3,(H,5,6)(H,7,8). The van der Waals surface area contributed by atoms with Crippen LogP contribution in [0.2, 0.25) is 0 Å². The fourth-order valence-corrected chi connectivity index (χ4v) is 0.779. The van der Waals surface area contributed by atoms with Gasteiger partial charge in [-0.25, -0.2) is 4.21 Å². The molecule has 0 aromatic carbocycles. The smallest absolute Gasteiger partial charge is 0.260 e. The molecule has 56 valence electrons. The monoisotopic (exact) mass is 162 g/mol. The van der Waals surface area contributed by atoms with E-state index < -0.39 is 11.3 Å². The summed E-state index contributed by atoms with van der Waals surface area (Å²) in [6, 6.07) is 1.52. The van der Waals surface area contributed by atoms with E-state index in [0.717, 1.165) is 0 Å². The lowest BCUT2D eigenvalue weighted by Crippen LogP contribution is -2.01. The Morgan fingerprint density at radius 2 is 2.60 bits per heavy atom. The molecule has 0 spiro atoms. The van der Waals surface area contributed by atoms with Crippen molar-refractivity contribution in [2.24, 2.45) is 0 Å². The molecule has 0 bridgehead atoms. The van der Waals surface area contributed by atoms with Crippen LogP contribution in [0.15, 0.2) is 10.6 Å². The van der Waals surface area contributed by atoms with Gasteiger partial charge >= 0.3 is 0 Å². The van der Waals surface area contributed by atoms with Crippen LogP contribution in [0.3, 0.4) is 0 Å². The van der Waals surface area contributed by atoms with Crippen molar-refractivity contribution in [2.75, 3.05) is 4.72 Å². The largest absolute Gasteiger partial charge is 0.360 e. The van der Waals surface area contributed by atoms with E-state index in [2.05, 4.69) is 14.4 Å². The molecule has 1 unspecified atom stereocenters. The molecule has 10 heavy (non-hydrogen) atoms. The summed E-state index contributed by atoms with van der Waals surface area (Å²) in [7, 11) is 0. The Hall–Kier alpha value is -0.880. The minimum atomic E-state index is -2.08. The molecule has 1 atom stereocenters. The van der Waals surface area contributed by atoms with Crippen LogP contribution in [0.25, 0.3) is 0 Å². The number of hydrogen-bond donors (Lipinski definition) is 2. The van der Waals surface area contributed by atoms with Crippen molar-refractivity contribution >= 4 is 17.1 Å². The summed E-state index contributed by atoms with van der Waals surface area (Å²) in [5.41, 5.74) is 0. The number of rotatable bonds is 2. The van der Waals surface area contributed by atoms with Crippen molar-refractivity contribution in [3.05, 3.63) is 11.8 Å². The van der Waals surface area contributed by atoms with E-state index in [9.17, 15) is 4.21 Å². The quantitative estimate of drug-likeness (QED) is 0.622. The molecular formula is C4H6N2O3S. The summed E-state index contributed by atoms with van der Waals surface area (Å²) < 4.78 is 25.1. The van der Waals surface area contributed by atoms with Crippen molar-refractivity contribution in [1.29, 1.82) is 0 Å². The first-order valence-electron chi connectivity index (χ1n) is 2.49. The number of nitrogens with zero attached hydrogens (tertiary/aromatic N) is 1. The molecule has 1 aromatic rings. The second-order valence-electron chi connectivity index (χ2n) is 1.67. The van der Waals surface area contributed by atoms with Gasteiger partial charge < -0.3 is 4.52 Å². The van der Waals surface area contributed by atoms with E-state index in [1.54, 1.807) is 6.92 Å². The van der Waals surface area contributed by atoms with Gasteiger partial charge in [0.1, 0.15) is 5.76 Å². The molecule has 1 heterocycles. The van der Waals surface area contributed by atoms with Gasteiger partial charge in [0.05, 0.1) is 0 Å². The van der Waals surface area contributed by atoms with Crippen LogP contribution < -0.4 is 4.72 Å². The maximum absolute atomic E-state index is 10.1. The highest BCUT2D eigenvalue weighted by molar-refractivity contribution is 7.80. The summed E-state index contributed by atoms with van der Waals surface area (Å²) in [6.07, 6.45) is 0. The molecule has 0 aliphatic carbocycles. The zero-order chi connectivity index (χ0) is 7.56.